The van der Waals surface area contributed by atoms with Crippen LogP contribution >= 0.6 is 11.3 Å². The fourth-order valence-electron chi connectivity index (χ4n) is 3.35. The minimum Gasteiger partial charge on any atom is -0.458 e. The van der Waals surface area contributed by atoms with Gasteiger partial charge in [-0.25, -0.2) is 9.37 Å². The number of hydrogen-bond acceptors (Lipinski definition) is 6. The molecule has 26 heavy (non-hydrogen) atoms. The van der Waals surface area contributed by atoms with Crippen LogP contribution in [0.1, 0.15) is 33.0 Å². The minimum atomic E-state index is -0.548. The van der Waals surface area contributed by atoms with E-state index in [0.717, 1.165) is 5.69 Å². The number of benzene rings is 1. The first-order chi connectivity index (χ1) is 12.7. The van der Waals surface area contributed by atoms with Gasteiger partial charge >= 0.3 is 0 Å². The van der Waals surface area contributed by atoms with Crippen LogP contribution in [0.4, 0.5) is 4.39 Å². The Balaban J connectivity index is 1.66. The highest BCUT2D eigenvalue weighted by Gasteiger charge is 2.37. The molecule has 1 aromatic carbocycles. The Morgan fingerprint density at radius 3 is 3.15 bits per heavy atom. The van der Waals surface area contributed by atoms with Crippen molar-refractivity contribution in [3.8, 4) is 0 Å². The molecule has 0 saturated heterocycles. The molecule has 1 aliphatic heterocycles. The first-order valence-corrected chi connectivity index (χ1v) is 8.87. The third-order valence-corrected chi connectivity index (χ3v) is 5.20. The number of aromatic amines is 1. The summed E-state index contributed by atoms with van der Waals surface area (Å²) in [7, 11) is 0. The van der Waals surface area contributed by atoms with Crippen molar-refractivity contribution in [2.75, 3.05) is 6.54 Å². The van der Waals surface area contributed by atoms with E-state index < -0.39 is 6.04 Å². The van der Waals surface area contributed by atoms with Gasteiger partial charge in [0.15, 0.2) is 0 Å². The summed E-state index contributed by atoms with van der Waals surface area (Å²) in [6, 6.07) is 5.77. The molecule has 9 heteroatoms. The zero-order valence-corrected chi connectivity index (χ0v) is 14.2. The standard InChI is InChI=1S/C17H12FN5O2S/c18-10-2-1-3-12-9(10)6-13(25-12)15-14-11(19-7-20-14)4-5-23(15)17(24)16-22-21-8-26-16/h1-3,6-8,15H,4-5H2,(H,19,20)/t15-/m1/s1. The maximum Gasteiger partial charge on any atom is 0.285 e. The molecule has 1 atom stereocenters. The van der Waals surface area contributed by atoms with Crippen LogP contribution in [-0.2, 0) is 6.42 Å². The lowest BCUT2D eigenvalue weighted by atomic mass is 10.00. The van der Waals surface area contributed by atoms with Crippen LogP contribution in [0.25, 0.3) is 11.0 Å². The van der Waals surface area contributed by atoms with Gasteiger partial charge in [0.25, 0.3) is 5.91 Å². The minimum absolute atomic E-state index is 0.243. The van der Waals surface area contributed by atoms with Crippen LogP contribution in [0.5, 0.6) is 0 Å². The van der Waals surface area contributed by atoms with Crippen LogP contribution in [-0.4, -0.2) is 37.5 Å². The number of aromatic nitrogens is 4. The van der Waals surface area contributed by atoms with Crippen molar-refractivity contribution in [2.24, 2.45) is 0 Å². The van der Waals surface area contributed by atoms with E-state index >= 15 is 0 Å². The number of fused-ring (bicyclic) bond motifs is 2. The highest BCUT2D eigenvalue weighted by Crippen LogP contribution is 2.37. The van der Waals surface area contributed by atoms with Crippen molar-refractivity contribution in [3.63, 3.8) is 0 Å². The third kappa shape index (κ3) is 2.24. The number of carbonyl (C=O) groups excluding carboxylic acids is 1. The van der Waals surface area contributed by atoms with Gasteiger partial charge in [-0.05, 0) is 18.2 Å². The van der Waals surface area contributed by atoms with Crippen LogP contribution in [0.15, 0.2) is 40.5 Å². The van der Waals surface area contributed by atoms with Crippen LogP contribution in [0.3, 0.4) is 0 Å². The quantitative estimate of drug-likeness (QED) is 0.587. The molecule has 0 radical (unpaired) electrons. The fraction of sp³-hybridized carbons (Fsp3) is 0.176. The van der Waals surface area contributed by atoms with E-state index in [1.54, 1.807) is 29.4 Å². The Morgan fingerprint density at radius 1 is 1.42 bits per heavy atom. The monoisotopic (exact) mass is 369 g/mol. The molecule has 0 unspecified atom stereocenters. The predicted octanol–water partition coefficient (Wildman–Crippen LogP) is 2.93. The second kappa shape index (κ2) is 5.73. The molecular weight excluding hydrogens is 357 g/mol. The molecule has 3 aromatic heterocycles. The lowest BCUT2D eigenvalue weighted by molar-refractivity contribution is 0.0671. The molecule has 1 N–H and O–H groups in total. The molecule has 7 nitrogen and oxygen atoms in total. The number of imidazole rings is 1. The van der Waals surface area contributed by atoms with Crippen molar-refractivity contribution < 1.29 is 13.6 Å². The molecule has 0 spiro atoms. The summed E-state index contributed by atoms with van der Waals surface area (Å²) in [6.07, 6.45) is 2.24. The van der Waals surface area contributed by atoms with E-state index in [0.29, 0.717) is 40.4 Å². The van der Waals surface area contributed by atoms with Crippen LogP contribution in [0.2, 0.25) is 0 Å². The Morgan fingerprint density at radius 2 is 2.35 bits per heavy atom. The molecule has 0 bridgehead atoms. The first-order valence-electron chi connectivity index (χ1n) is 7.99. The van der Waals surface area contributed by atoms with Gasteiger partial charge < -0.3 is 14.3 Å². The van der Waals surface area contributed by atoms with Crippen LogP contribution in [0, 0.1) is 5.82 Å². The molecule has 0 aliphatic carbocycles. The highest BCUT2D eigenvalue weighted by molar-refractivity contribution is 7.11. The summed E-state index contributed by atoms with van der Waals surface area (Å²) in [4.78, 5) is 22.1. The summed E-state index contributed by atoms with van der Waals surface area (Å²) < 4.78 is 20.0. The Bertz CT molecular complexity index is 1100. The van der Waals surface area contributed by atoms with E-state index in [9.17, 15) is 9.18 Å². The number of hydrogen-bond donors (Lipinski definition) is 1. The van der Waals surface area contributed by atoms with Gasteiger partial charge in [-0.1, -0.05) is 17.4 Å². The summed E-state index contributed by atoms with van der Waals surface area (Å²) in [6.45, 7) is 0.470. The van der Waals surface area contributed by atoms with Crippen molar-refractivity contribution in [1.29, 1.82) is 0 Å². The molecule has 4 heterocycles. The lowest BCUT2D eigenvalue weighted by Gasteiger charge is -2.33. The maximum absolute atomic E-state index is 14.1. The van der Waals surface area contributed by atoms with E-state index in [2.05, 4.69) is 20.2 Å². The molecule has 0 saturated carbocycles. The van der Waals surface area contributed by atoms with Crippen molar-refractivity contribution in [3.05, 3.63) is 64.1 Å². The second-order valence-electron chi connectivity index (χ2n) is 5.96. The van der Waals surface area contributed by atoms with Gasteiger partial charge in [0, 0.05) is 18.7 Å². The molecule has 1 aliphatic rings. The van der Waals surface area contributed by atoms with Gasteiger partial charge in [0.2, 0.25) is 5.01 Å². The lowest BCUT2D eigenvalue weighted by Crippen LogP contribution is -2.40. The summed E-state index contributed by atoms with van der Waals surface area (Å²) >= 11 is 1.18. The topological polar surface area (TPSA) is 87.9 Å². The number of nitrogens with one attached hydrogen (secondary N) is 1. The number of rotatable bonds is 2. The number of nitrogens with zero attached hydrogens (tertiary/aromatic N) is 4. The predicted molar refractivity (Wildman–Crippen MR) is 91.3 cm³/mol. The number of carbonyl (C=O) groups is 1. The number of amides is 1. The highest BCUT2D eigenvalue weighted by atomic mass is 32.1. The van der Waals surface area contributed by atoms with E-state index in [1.807, 2.05) is 0 Å². The zero-order valence-electron chi connectivity index (χ0n) is 13.3. The van der Waals surface area contributed by atoms with Gasteiger partial charge in [-0.3, -0.25) is 4.79 Å². The average molecular weight is 369 g/mol. The van der Waals surface area contributed by atoms with E-state index in [4.69, 9.17) is 4.42 Å². The molecule has 1 amide bonds. The van der Waals surface area contributed by atoms with Gasteiger partial charge in [0.05, 0.1) is 17.4 Å². The summed E-state index contributed by atoms with van der Waals surface area (Å²) in [5.41, 5.74) is 3.60. The molecule has 4 aromatic rings. The molecule has 0 fully saturated rings. The summed E-state index contributed by atoms with van der Waals surface area (Å²) in [5.74, 6) is -0.138. The van der Waals surface area contributed by atoms with Gasteiger partial charge in [-0.2, -0.15) is 0 Å². The largest absolute Gasteiger partial charge is 0.458 e. The van der Waals surface area contributed by atoms with Crippen molar-refractivity contribution in [2.45, 2.75) is 12.5 Å². The normalized spacial score (nSPS) is 16.8. The number of furan rings is 1. The van der Waals surface area contributed by atoms with E-state index in [-0.39, 0.29) is 11.7 Å². The maximum atomic E-state index is 14.1. The SMILES string of the molecule is O=C(c1nncs1)N1CCc2[nH]cnc2[C@H]1c1cc2c(F)cccc2o1. The Labute approximate surface area is 150 Å². The van der Waals surface area contributed by atoms with Crippen LogP contribution < -0.4 is 0 Å². The molecule has 5 rings (SSSR count). The average Bonchev–Trinajstić information content (AvgIpc) is 3.39. The Hall–Kier alpha value is -3.07. The molecule has 130 valence electrons. The van der Waals surface area contributed by atoms with Gasteiger partial charge in [-0.15, -0.1) is 10.2 Å². The fourth-order valence-corrected chi connectivity index (χ4v) is 3.86. The Kier molecular flexibility index (Phi) is 3.35. The van der Waals surface area contributed by atoms with Gasteiger partial charge in [0.1, 0.15) is 28.7 Å². The summed E-state index contributed by atoms with van der Waals surface area (Å²) in [5, 5.41) is 8.31. The number of halogens is 1. The third-order valence-electron chi connectivity index (χ3n) is 4.53. The number of H-pyrrole nitrogens is 1. The van der Waals surface area contributed by atoms with Crippen molar-refractivity contribution >= 4 is 28.2 Å². The zero-order chi connectivity index (χ0) is 17.7. The van der Waals surface area contributed by atoms with Crippen molar-refractivity contribution in [1.82, 2.24) is 25.1 Å². The smallest absolute Gasteiger partial charge is 0.285 e. The molecular formula is C17H12FN5O2S. The second-order valence-corrected chi connectivity index (χ2v) is 6.79. The van der Waals surface area contributed by atoms with E-state index in [1.165, 1.54) is 22.9 Å². The first kappa shape index (κ1) is 15.2.